The van der Waals surface area contributed by atoms with E-state index in [4.69, 9.17) is 5.73 Å². The van der Waals surface area contributed by atoms with Gasteiger partial charge in [0, 0.05) is 5.56 Å². The molecule has 0 spiro atoms. The minimum atomic E-state index is -0.522. The quantitative estimate of drug-likeness (QED) is 0.776. The van der Waals surface area contributed by atoms with Gasteiger partial charge in [-0.05, 0) is 51.2 Å². The lowest BCUT2D eigenvalue weighted by Crippen LogP contribution is -2.25. The Morgan fingerprint density at radius 1 is 1.00 bits per heavy atom. The van der Waals surface area contributed by atoms with Crippen LogP contribution in [0.4, 0.5) is 0 Å². The highest BCUT2D eigenvalue weighted by atomic mass is 16.2. The van der Waals surface area contributed by atoms with E-state index in [9.17, 15) is 9.59 Å². The van der Waals surface area contributed by atoms with Crippen LogP contribution in [0.1, 0.15) is 42.3 Å². The molecule has 3 aromatic rings. The van der Waals surface area contributed by atoms with Crippen LogP contribution >= 0.6 is 0 Å². The van der Waals surface area contributed by atoms with E-state index in [-0.39, 0.29) is 11.1 Å². The molecular weight excluding hydrogens is 330 g/mol. The van der Waals surface area contributed by atoms with Gasteiger partial charge in [-0.25, -0.2) is 4.79 Å². The number of amides is 1. The number of benzene rings is 2. The molecule has 26 heavy (non-hydrogen) atoms. The number of primary amides is 1. The van der Waals surface area contributed by atoms with Crippen LogP contribution < -0.4 is 11.4 Å². The van der Waals surface area contributed by atoms with Crippen LogP contribution in [0.5, 0.6) is 0 Å². The van der Waals surface area contributed by atoms with Crippen LogP contribution in [-0.2, 0) is 12.0 Å². The number of hydrogen-bond donors (Lipinski definition) is 1. The summed E-state index contributed by atoms with van der Waals surface area (Å²) in [7, 11) is 0. The van der Waals surface area contributed by atoms with Crippen LogP contribution in [0.2, 0.25) is 0 Å². The van der Waals surface area contributed by atoms with Gasteiger partial charge in [-0.3, -0.25) is 4.79 Å². The molecule has 3 rings (SSSR count). The second kappa shape index (κ2) is 6.59. The number of aromatic nitrogens is 4. The highest BCUT2D eigenvalue weighted by Gasteiger charge is 2.14. The molecule has 2 aromatic carbocycles. The smallest absolute Gasteiger partial charge is 0.366 e. The third-order valence-electron chi connectivity index (χ3n) is 4.19. The molecule has 0 radical (unpaired) electrons. The summed E-state index contributed by atoms with van der Waals surface area (Å²) in [5.41, 5.74) is 8.04. The SMILES string of the molecule is CC(C)(C)c1ccc(Cn2nnn(-c3ccc(C(N)=O)cc3)c2=O)cc1. The lowest BCUT2D eigenvalue weighted by atomic mass is 9.87. The molecule has 1 aromatic heterocycles. The summed E-state index contributed by atoms with van der Waals surface area (Å²) >= 11 is 0. The van der Waals surface area contributed by atoms with Gasteiger partial charge in [-0.2, -0.15) is 9.36 Å². The Labute approximate surface area is 151 Å². The summed E-state index contributed by atoms with van der Waals surface area (Å²) in [6, 6.07) is 14.4. The van der Waals surface area contributed by atoms with Crippen molar-refractivity contribution < 1.29 is 4.79 Å². The molecule has 1 heterocycles. The molecule has 0 fully saturated rings. The average molecular weight is 351 g/mol. The van der Waals surface area contributed by atoms with E-state index in [0.717, 1.165) is 5.56 Å². The molecule has 0 unspecified atom stereocenters. The molecule has 0 atom stereocenters. The van der Waals surface area contributed by atoms with Gasteiger partial charge in [0.05, 0.1) is 12.2 Å². The first kappa shape index (κ1) is 17.6. The Bertz CT molecular complexity index is 977. The second-order valence-corrected chi connectivity index (χ2v) is 7.19. The van der Waals surface area contributed by atoms with Crippen LogP contribution in [0.15, 0.2) is 53.3 Å². The monoisotopic (exact) mass is 351 g/mol. The zero-order chi connectivity index (χ0) is 18.9. The van der Waals surface area contributed by atoms with Crippen molar-refractivity contribution >= 4 is 5.91 Å². The topological polar surface area (TPSA) is 95.8 Å². The maximum Gasteiger partial charge on any atom is 0.368 e. The first-order chi connectivity index (χ1) is 12.3. The minimum Gasteiger partial charge on any atom is -0.366 e. The zero-order valence-electron chi connectivity index (χ0n) is 15.0. The Balaban J connectivity index is 1.83. The standard InChI is InChI=1S/C19H21N5O2/c1-19(2,3)15-8-4-13(5-9-15)12-23-18(26)24(22-21-23)16-10-6-14(7-11-16)17(20)25/h4-11H,12H2,1-3H3,(H2,20,25). The Hall–Kier alpha value is -3.22. The van der Waals surface area contributed by atoms with Gasteiger partial charge in [0.2, 0.25) is 5.91 Å². The van der Waals surface area contributed by atoms with Crippen molar-refractivity contribution in [2.75, 3.05) is 0 Å². The van der Waals surface area contributed by atoms with Crippen molar-refractivity contribution in [1.29, 1.82) is 0 Å². The third kappa shape index (κ3) is 3.56. The van der Waals surface area contributed by atoms with Crippen molar-refractivity contribution in [2.24, 2.45) is 5.73 Å². The highest BCUT2D eigenvalue weighted by Crippen LogP contribution is 2.22. The minimum absolute atomic E-state index is 0.0789. The molecule has 2 N–H and O–H groups in total. The summed E-state index contributed by atoms with van der Waals surface area (Å²) in [6.45, 7) is 6.80. The third-order valence-corrected chi connectivity index (χ3v) is 4.19. The predicted molar refractivity (Wildman–Crippen MR) is 98.4 cm³/mol. The van der Waals surface area contributed by atoms with Gasteiger partial charge in [0.25, 0.3) is 0 Å². The van der Waals surface area contributed by atoms with Crippen molar-refractivity contribution in [3.05, 3.63) is 75.7 Å². The maximum absolute atomic E-state index is 12.5. The second-order valence-electron chi connectivity index (χ2n) is 7.19. The van der Waals surface area contributed by atoms with E-state index >= 15 is 0 Å². The molecule has 7 nitrogen and oxygen atoms in total. The summed E-state index contributed by atoms with van der Waals surface area (Å²) in [4.78, 5) is 23.7. The molecular formula is C19H21N5O2. The number of carbonyl (C=O) groups is 1. The molecule has 0 saturated carbocycles. The van der Waals surface area contributed by atoms with Crippen molar-refractivity contribution in [3.8, 4) is 5.69 Å². The molecule has 134 valence electrons. The molecule has 0 saturated heterocycles. The maximum atomic E-state index is 12.5. The van der Waals surface area contributed by atoms with Crippen LogP contribution in [0, 0.1) is 0 Å². The van der Waals surface area contributed by atoms with E-state index in [1.54, 1.807) is 24.3 Å². The van der Waals surface area contributed by atoms with E-state index in [1.807, 2.05) is 12.1 Å². The number of rotatable bonds is 4. The van der Waals surface area contributed by atoms with Crippen molar-refractivity contribution in [2.45, 2.75) is 32.7 Å². The van der Waals surface area contributed by atoms with E-state index < -0.39 is 5.91 Å². The summed E-state index contributed by atoms with van der Waals surface area (Å²) in [5.74, 6) is -0.522. The number of nitrogens with two attached hydrogens (primary N) is 1. The van der Waals surface area contributed by atoms with Gasteiger partial charge >= 0.3 is 5.69 Å². The lowest BCUT2D eigenvalue weighted by Gasteiger charge is -2.19. The number of carbonyl (C=O) groups excluding carboxylic acids is 1. The Kier molecular flexibility index (Phi) is 4.46. The first-order valence-electron chi connectivity index (χ1n) is 8.28. The molecule has 0 aliphatic rings. The zero-order valence-corrected chi connectivity index (χ0v) is 15.0. The number of hydrogen-bond acceptors (Lipinski definition) is 4. The summed E-state index contributed by atoms with van der Waals surface area (Å²) in [6.07, 6.45) is 0. The Morgan fingerprint density at radius 3 is 2.15 bits per heavy atom. The summed E-state index contributed by atoms with van der Waals surface area (Å²) in [5, 5.41) is 7.86. The normalized spacial score (nSPS) is 11.5. The number of nitrogens with zero attached hydrogens (tertiary/aromatic N) is 4. The van der Waals surface area contributed by atoms with Gasteiger partial charge in [0.15, 0.2) is 0 Å². The van der Waals surface area contributed by atoms with E-state index in [2.05, 4.69) is 43.3 Å². The largest absolute Gasteiger partial charge is 0.368 e. The van der Waals surface area contributed by atoms with Crippen molar-refractivity contribution in [1.82, 2.24) is 19.8 Å². The van der Waals surface area contributed by atoms with E-state index in [1.165, 1.54) is 14.9 Å². The fourth-order valence-corrected chi connectivity index (χ4v) is 2.59. The van der Waals surface area contributed by atoms with Crippen LogP contribution in [0.3, 0.4) is 0 Å². The lowest BCUT2D eigenvalue weighted by molar-refractivity contribution is 0.100. The molecule has 7 heteroatoms. The van der Waals surface area contributed by atoms with Gasteiger partial charge < -0.3 is 5.73 Å². The highest BCUT2D eigenvalue weighted by molar-refractivity contribution is 5.92. The van der Waals surface area contributed by atoms with Crippen molar-refractivity contribution in [3.63, 3.8) is 0 Å². The molecule has 1 amide bonds. The Morgan fingerprint density at radius 2 is 1.62 bits per heavy atom. The number of tetrazole rings is 1. The fourth-order valence-electron chi connectivity index (χ4n) is 2.59. The van der Waals surface area contributed by atoms with Crippen LogP contribution in [-0.4, -0.2) is 25.7 Å². The average Bonchev–Trinajstić information content (AvgIpc) is 2.95. The van der Waals surface area contributed by atoms with Gasteiger partial charge in [0.1, 0.15) is 0 Å². The van der Waals surface area contributed by atoms with E-state index in [0.29, 0.717) is 17.8 Å². The first-order valence-corrected chi connectivity index (χ1v) is 8.28. The molecule has 0 bridgehead atoms. The molecule has 0 aliphatic heterocycles. The predicted octanol–water partition coefficient (Wildman–Crippen LogP) is 1.87. The molecule has 0 aliphatic carbocycles. The fraction of sp³-hybridized carbons (Fsp3) is 0.263. The van der Waals surface area contributed by atoms with Gasteiger partial charge in [-0.15, -0.1) is 0 Å². The van der Waals surface area contributed by atoms with Crippen LogP contribution in [0.25, 0.3) is 5.69 Å². The van der Waals surface area contributed by atoms with Gasteiger partial charge in [-0.1, -0.05) is 45.0 Å². The summed E-state index contributed by atoms with van der Waals surface area (Å²) < 4.78 is 2.49.